The van der Waals surface area contributed by atoms with Crippen molar-refractivity contribution in [3.63, 3.8) is 0 Å². The van der Waals surface area contributed by atoms with Gasteiger partial charge in [0.25, 0.3) is 0 Å². The molecule has 0 saturated heterocycles. The van der Waals surface area contributed by atoms with Crippen molar-refractivity contribution in [1.29, 1.82) is 5.26 Å². The molecule has 5 heteroatoms. The van der Waals surface area contributed by atoms with Crippen molar-refractivity contribution < 1.29 is 9.90 Å². The van der Waals surface area contributed by atoms with Crippen molar-refractivity contribution in [3.8, 4) is 6.07 Å². The van der Waals surface area contributed by atoms with Crippen molar-refractivity contribution >= 4 is 11.7 Å². The molecular weight excluding hydrogens is 230 g/mol. The number of pyridine rings is 1. The third kappa shape index (κ3) is 3.45. The number of nitrogens with one attached hydrogen (secondary N) is 1. The summed E-state index contributed by atoms with van der Waals surface area (Å²) < 4.78 is 0. The second-order valence-corrected chi connectivity index (χ2v) is 4.96. The van der Waals surface area contributed by atoms with Crippen molar-refractivity contribution in [2.75, 3.05) is 5.32 Å². The standard InChI is InChI=1S/C13H17N3O2/c1-8-5-11(10(7-14)9(2)15-8)16-13(3,4)6-12(17)18/h5H,6H2,1-4H3,(H,15,16)(H,17,18). The molecule has 0 bridgehead atoms. The molecule has 0 aliphatic rings. The van der Waals surface area contributed by atoms with Crippen LogP contribution in [0.5, 0.6) is 0 Å². The molecule has 2 N–H and O–H groups in total. The summed E-state index contributed by atoms with van der Waals surface area (Å²) in [7, 11) is 0. The monoisotopic (exact) mass is 247 g/mol. The zero-order chi connectivity index (χ0) is 13.9. The van der Waals surface area contributed by atoms with Gasteiger partial charge in [-0.2, -0.15) is 5.26 Å². The van der Waals surface area contributed by atoms with Gasteiger partial charge in [0.1, 0.15) is 6.07 Å². The van der Waals surface area contributed by atoms with E-state index in [1.165, 1.54) is 0 Å². The molecule has 0 aromatic carbocycles. The highest BCUT2D eigenvalue weighted by atomic mass is 16.4. The Balaban J connectivity index is 3.11. The van der Waals surface area contributed by atoms with Crippen LogP contribution in [0.15, 0.2) is 6.07 Å². The lowest BCUT2D eigenvalue weighted by atomic mass is 9.99. The predicted octanol–water partition coefficient (Wildman–Crippen LogP) is 2.24. The SMILES string of the molecule is Cc1cc(NC(C)(C)CC(=O)O)c(C#N)c(C)n1. The van der Waals surface area contributed by atoms with Gasteiger partial charge in [0.05, 0.1) is 23.4 Å². The van der Waals surface area contributed by atoms with Gasteiger partial charge in [0.2, 0.25) is 0 Å². The van der Waals surface area contributed by atoms with Crippen LogP contribution in [0.25, 0.3) is 0 Å². The Bertz CT molecular complexity index is 516. The number of carboxylic acids is 1. The molecule has 0 radical (unpaired) electrons. The number of nitriles is 1. The molecule has 1 aromatic rings. The van der Waals surface area contributed by atoms with Crippen molar-refractivity contribution in [2.45, 2.75) is 39.7 Å². The van der Waals surface area contributed by atoms with Crippen molar-refractivity contribution in [1.82, 2.24) is 4.98 Å². The second kappa shape index (κ2) is 5.05. The summed E-state index contributed by atoms with van der Waals surface area (Å²) >= 11 is 0. The highest BCUT2D eigenvalue weighted by molar-refractivity contribution is 5.70. The number of carboxylic acid groups (broad SMARTS) is 1. The van der Waals surface area contributed by atoms with E-state index in [0.717, 1.165) is 5.69 Å². The van der Waals surface area contributed by atoms with Gasteiger partial charge in [-0.25, -0.2) is 0 Å². The molecule has 18 heavy (non-hydrogen) atoms. The van der Waals surface area contributed by atoms with E-state index >= 15 is 0 Å². The van der Waals surface area contributed by atoms with Gasteiger partial charge in [-0.3, -0.25) is 9.78 Å². The number of hydrogen-bond acceptors (Lipinski definition) is 4. The van der Waals surface area contributed by atoms with E-state index in [4.69, 9.17) is 10.4 Å². The van der Waals surface area contributed by atoms with E-state index < -0.39 is 11.5 Å². The number of rotatable bonds is 4. The van der Waals surface area contributed by atoms with Gasteiger partial charge >= 0.3 is 5.97 Å². The number of aryl methyl sites for hydroxylation is 2. The third-order valence-corrected chi connectivity index (χ3v) is 2.51. The lowest BCUT2D eigenvalue weighted by molar-refractivity contribution is -0.137. The Kier molecular flexibility index (Phi) is 3.92. The lowest BCUT2D eigenvalue weighted by Crippen LogP contribution is -2.34. The Morgan fingerprint density at radius 1 is 1.56 bits per heavy atom. The molecule has 0 unspecified atom stereocenters. The van der Waals surface area contributed by atoms with E-state index in [0.29, 0.717) is 16.9 Å². The quantitative estimate of drug-likeness (QED) is 0.852. The summed E-state index contributed by atoms with van der Waals surface area (Å²) in [6.45, 7) is 7.17. The van der Waals surface area contributed by atoms with E-state index in [1.54, 1.807) is 26.8 Å². The summed E-state index contributed by atoms with van der Waals surface area (Å²) in [4.78, 5) is 15.0. The Morgan fingerprint density at radius 3 is 2.67 bits per heavy atom. The molecule has 0 atom stereocenters. The maximum atomic E-state index is 10.8. The summed E-state index contributed by atoms with van der Waals surface area (Å²) in [5.41, 5.74) is 1.90. The molecule has 1 rings (SSSR count). The van der Waals surface area contributed by atoms with Gasteiger partial charge in [0, 0.05) is 11.2 Å². The Morgan fingerprint density at radius 2 is 2.17 bits per heavy atom. The van der Waals surface area contributed by atoms with Crippen LogP contribution < -0.4 is 5.32 Å². The van der Waals surface area contributed by atoms with E-state index in [-0.39, 0.29) is 6.42 Å². The van der Waals surface area contributed by atoms with Crippen LogP contribution in [-0.4, -0.2) is 21.6 Å². The fourth-order valence-electron chi connectivity index (χ4n) is 1.86. The van der Waals surface area contributed by atoms with Gasteiger partial charge in [-0.15, -0.1) is 0 Å². The topological polar surface area (TPSA) is 86.0 Å². The first-order valence-electron chi connectivity index (χ1n) is 5.63. The zero-order valence-electron chi connectivity index (χ0n) is 11.0. The normalized spacial score (nSPS) is 10.8. The van der Waals surface area contributed by atoms with Gasteiger partial charge < -0.3 is 10.4 Å². The minimum Gasteiger partial charge on any atom is -0.481 e. The van der Waals surface area contributed by atoms with Crippen LogP contribution in [0.1, 0.15) is 37.2 Å². The molecule has 0 saturated carbocycles. The maximum Gasteiger partial charge on any atom is 0.305 e. The molecule has 5 nitrogen and oxygen atoms in total. The van der Waals surface area contributed by atoms with Crippen molar-refractivity contribution in [3.05, 3.63) is 23.0 Å². The number of carbonyl (C=O) groups is 1. The average molecular weight is 247 g/mol. The van der Waals surface area contributed by atoms with Crippen LogP contribution in [-0.2, 0) is 4.79 Å². The van der Waals surface area contributed by atoms with E-state index in [2.05, 4.69) is 16.4 Å². The average Bonchev–Trinajstić information content (AvgIpc) is 2.13. The second-order valence-electron chi connectivity index (χ2n) is 4.96. The van der Waals surface area contributed by atoms with Crippen LogP contribution >= 0.6 is 0 Å². The zero-order valence-corrected chi connectivity index (χ0v) is 11.0. The summed E-state index contributed by atoms with van der Waals surface area (Å²) in [5.74, 6) is -0.881. The first-order chi connectivity index (χ1) is 8.25. The summed E-state index contributed by atoms with van der Waals surface area (Å²) in [6.07, 6.45) is -0.0295. The fraction of sp³-hybridized carbons (Fsp3) is 0.462. The lowest BCUT2D eigenvalue weighted by Gasteiger charge is -2.26. The van der Waals surface area contributed by atoms with Crippen LogP contribution in [0.4, 0.5) is 5.69 Å². The van der Waals surface area contributed by atoms with Gasteiger partial charge in [-0.05, 0) is 33.8 Å². The fourth-order valence-corrected chi connectivity index (χ4v) is 1.86. The number of anilines is 1. The first-order valence-corrected chi connectivity index (χ1v) is 5.63. The molecule has 0 aliphatic carbocycles. The number of aliphatic carboxylic acids is 1. The number of aromatic nitrogens is 1. The van der Waals surface area contributed by atoms with Crippen LogP contribution in [0, 0.1) is 25.2 Å². The molecule has 1 heterocycles. The highest BCUT2D eigenvalue weighted by Gasteiger charge is 2.23. The predicted molar refractivity (Wildman–Crippen MR) is 68.4 cm³/mol. The Hall–Kier alpha value is -2.09. The van der Waals surface area contributed by atoms with Crippen molar-refractivity contribution in [2.24, 2.45) is 0 Å². The molecule has 96 valence electrons. The van der Waals surface area contributed by atoms with Gasteiger partial charge in [-0.1, -0.05) is 0 Å². The molecule has 0 fully saturated rings. The Labute approximate surface area is 106 Å². The largest absolute Gasteiger partial charge is 0.481 e. The van der Waals surface area contributed by atoms with Crippen LogP contribution in [0.3, 0.4) is 0 Å². The number of nitrogens with zero attached hydrogens (tertiary/aromatic N) is 2. The molecule has 0 spiro atoms. The smallest absolute Gasteiger partial charge is 0.305 e. The minimum absolute atomic E-state index is 0.0295. The molecule has 0 aliphatic heterocycles. The highest BCUT2D eigenvalue weighted by Crippen LogP contribution is 2.24. The van der Waals surface area contributed by atoms with Crippen LogP contribution in [0.2, 0.25) is 0 Å². The molecular formula is C13H17N3O2. The first kappa shape index (κ1) is 14.0. The van der Waals surface area contributed by atoms with E-state index in [1.807, 2.05) is 6.92 Å². The molecule has 1 aromatic heterocycles. The minimum atomic E-state index is -0.881. The van der Waals surface area contributed by atoms with Gasteiger partial charge in [0.15, 0.2) is 0 Å². The molecule has 0 amide bonds. The van der Waals surface area contributed by atoms with E-state index in [9.17, 15) is 4.79 Å². The maximum absolute atomic E-state index is 10.8. The number of hydrogen-bond donors (Lipinski definition) is 2. The summed E-state index contributed by atoms with van der Waals surface area (Å²) in [6, 6.07) is 3.85. The summed E-state index contributed by atoms with van der Waals surface area (Å²) in [5, 5.41) is 21.1. The third-order valence-electron chi connectivity index (χ3n) is 2.51.